The van der Waals surface area contributed by atoms with E-state index in [1.807, 2.05) is 37.4 Å². The minimum atomic E-state index is -0.450. The number of carbonyl (C=O) groups excluding carboxylic acids is 1. The van der Waals surface area contributed by atoms with Gasteiger partial charge < -0.3 is 40.8 Å². The number of ether oxygens (including phenoxy) is 3. The Labute approximate surface area is 297 Å². The summed E-state index contributed by atoms with van der Waals surface area (Å²) in [4.78, 5) is 17.7. The van der Waals surface area contributed by atoms with Crippen molar-refractivity contribution in [2.75, 3.05) is 39.7 Å². The predicted octanol–water partition coefficient (Wildman–Crippen LogP) is 6.81. The normalized spacial score (nSPS) is 22.4. The van der Waals surface area contributed by atoms with E-state index in [0.717, 1.165) is 69.1 Å². The molecule has 0 aliphatic heterocycles. The van der Waals surface area contributed by atoms with Crippen molar-refractivity contribution in [3.05, 3.63) is 53.6 Å². The average molecular weight is 691 g/mol. The van der Waals surface area contributed by atoms with Crippen molar-refractivity contribution in [2.24, 2.45) is 22.1 Å². The van der Waals surface area contributed by atoms with Gasteiger partial charge in [-0.25, -0.2) is 0 Å². The lowest BCUT2D eigenvalue weighted by Crippen LogP contribution is -2.42. The first kappa shape index (κ1) is 37.5. The van der Waals surface area contributed by atoms with E-state index in [-0.39, 0.29) is 23.2 Å². The third-order valence-corrected chi connectivity index (χ3v) is 11.1. The summed E-state index contributed by atoms with van der Waals surface area (Å²) in [7, 11) is 5.06. The number of aliphatic imine (C=N–C) groups is 1. The molecule has 2 aromatic carbocycles. The largest absolute Gasteiger partial charge is 0.504 e. The Morgan fingerprint density at radius 3 is 2.52 bits per heavy atom. The molecular formula is C40H58N4O6. The van der Waals surface area contributed by atoms with E-state index < -0.39 is 11.0 Å². The van der Waals surface area contributed by atoms with Gasteiger partial charge in [0.05, 0.1) is 18.9 Å². The summed E-state index contributed by atoms with van der Waals surface area (Å²) in [6, 6.07) is 9.12. The molecule has 0 saturated heterocycles. The van der Waals surface area contributed by atoms with Gasteiger partial charge in [-0.05, 0) is 125 Å². The number of allylic oxidation sites excluding steroid dienone is 2. The van der Waals surface area contributed by atoms with Gasteiger partial charge in [-0.15, -0.1) is 0 Å². The molecule has 3 aliphatic carbocycles. The topological polar surface area (TPSA) is 148 Å². The third kappa shape index (κ3) is 9.51. The van der Waals surface area contributed by atoms with Crippen molar-refractivity contribution in [1.82, 2.24) is 5.32 Å². The van der Waals surface area contributed by atoms with Gasteiger partial charge in [0.1, 0.15) is 5.60 Å². The van der Waals surface area contributed by atoms with Crippen molar-refractivity contribution >= 4 is 17.4 Å². The number of rotatable bonds is 17. The molecule has 2 atom stereocenters. The highest BCUT2D eigenvalue weighted by atomic mass is 16.5. The first-order valence-electron chi connectivity index (χ1n) is 18.6. The van der Waals surface area contributed by atoms with E-state index in [1.54, 1.807) is 19.2 Å². The molecule has 6 N–H and O–H groups in total. The molecule has 50 heavy (non-hydrogen) atoms. The Kier molecular flexibility index (Phi) is 13.1. The van der Waals surface area contributed by atoms with Crippen molar-refractivity contribution in [3.8, 4) is 23.0 Å². The maximum Gasteiger partial charge on any atom is 0.192 e. The van der Waals surface area contributed by atoms with Crippen molar-refractivity contribution < 1.29 is 29.2 Å². The molecule has 0 bridgehead atoms. The first-order chi connectivity index (χ1) is 24.2. The zero-order chi connectivity index (χ0) is 35.6. The monoisotopic (exact) mass is 690 g/mol. The molecule has 3 saturated carbocycles. The minimum Gasteiger partial charge on any atom is -0.504 e. The molecule has 0 unspecified atom stereocenters. The Bertz CT molecular complexity index is 1500. The highest BCUT2D eigenvalue weighted by Crippen LogP contribution is 2.45. The number of aryl methyl sites for hydroxylation is 1. The zero-order valence-corrected chi connectivity index (χ0v) is 30.3. The number of anilines is 1. The quantitative estimate of drug-likeness (QED) is 0.0523. The third-order valence-electron chi connectivity index (χ3n) is 11.1. The fourth-order valence-electron chi connectivity index (χ4n) is 8.32. The van der Waals surface area contributed by atoms with Crippen molar-refractivity contribution in [3.63, 3.8) is 0 Å². The number of carbonyl (C=O) groups is 1. The van der Waals surface area contributed by atoms with Crippen LogP contribution in [0.5, 0.6) is 23.0 Å². The summed E-state index contributed by atoms with van der Waals surface area (Å²) in [5.41, 5.74) is 7.50. The summed E-state index contributed by atoms with van der Waals surface area (Å²) < 4.78 is 18.3. The molecule has 10 heteroatoms. The molecule has 0 amide bonds. The highest BCUT2D eigenvalue weighted by Gasteiger charge is 2.42. The summed E-state index contributed by atoms with van der Waals surface area (Å²) in [6.45, 7) is 1.46. The molecule has 0 heterocycles. The number of benzene rings is 2. The first-order valence-corrected chi connectivity index (χ1v) is 18.6. The van der Waals surface area contributed by atoms with Gasteiger partial charge in [-0.2, -0.15) is 0 Å². The molecule has 274 valence electrons. The molecule has 2 aromatic rings. The lowest BCUT2D eigenvalue weighted by molar-refractivity contribution is -0.123. The second-order valence-corrected chi connectivity index (χ2v) is 14.7. The number of nitrogens with two attached hydrogens (primary N) is 1. The van der Waals surface area contributed by atoms with Crippen LogP contribution in [0.1, 0.15) is 94.6 Å². The number of phenols is 2. The molecule has 0 radical (unpaired) electrons. The number of nitrogens with one attached hydrogen (secondary N) is 2. The van der Waals surface area contributed by atoms with Crippen LogP contribution in [0, 0.1) is 11.3 Å². The van der Waals surface area contributed by atoms with E-state index in [0.29, 0.717) is 55.0 Å². The van der Waals surface area contributed by atoms with Crippen molar-refractivity contribution in [1.29, 1.82) is 0 Å². The predicted molar refractivity (Wildman–Crippen MR) is 198 cm³/mol. The zero-order valence-electron chi connectivity index (χ0n) is 30.3. The lowest BCUT2D eigenvalue weighted by atomic mass is 9.76. The fourth-order valence-corrected chi connectivity index (χ4v) is 8.32. The number of phenolic OH excluding ortho intramolecular Hbond substituents is 2. The van der Waals surface area contributed by atoms with E-state index in [4.69, 9.17) is 19.9 Å². The number of methoxy groups -OCH3 is 1. The number of nitrogens with zero attached hydrogens (tertiary/aromatic N) is 1. The van der Waals surface area contributed by atoms with Gasteiger partial charge in [-0.1, -0.05) is 37.8 Å². The highest BCUT2D eigenvalue weighted by molar-refractivity contribution is 5.95. The summed E-state index contributed by atoms with van der Waals surface area (Å²) >= 11 is 0. The van der Waals surface area contributed by atoms with Crippen LogP contribution in [0.4, 0.5) is 5.69 Å². The molecule has 5 rings (SSSR count). The van der Waals surface area contributed by atoms with Crippen LogP contribution in [0.15, 0.2) is 47.5 Å². The summed E-state index contributed by atoms with van der Waals surface area (Å²) in [5.74, 6) is 1.77. The van der Waals surface area contributed by atoms with Gasteiger partial charge in [0.2, 0.25) is 0 Å². The Morgan fingerprint density at radius 2 is 1.80 bits per heavy atom. The van der Waals surface area contributed by atoms with Crippen LogP contribution in [0.25, 0.3) is 0 Å². The Balaban J connectivity index is 1.26. The number of hydrogen-bond acceptors (Lipinski definition) is 8. The van der Waals surface area contributed by atoms with Gasteiger partial charge in [-0.3, -0.25) is 9.79 Å². The summed E-state index contributed by atoms with van der Waals surface area (Å²) in [6.07, 6.45) is 18.5. The maximum absolute atomic E-state index is 13.7. The van der Waals surface area contributed by atoms with E-state index >= 15 is 0 Å². The summed E-state index contributed by atoms with van der Waals surface area (Å²) in [5, 5.41) is 27.8. The molecular weight excluding hydrogens is 632 g/mol. The van der Waals surface area contributed by atoms with Crippen LogP contribution in [-0.2, 0) is 22.4 Å². The van der Waals surface area contributed by atoms with Gasteiger partial charge >= 0.3 is 0 Å². The lowest BCUT2D eigenvalue weighted by Gasteiger charge is -2.31. The van der Waals surface area contributed by atoms with Crippen molar-refractivity contribution in [2.45, 2.75) is 108 Å². The number of hydrogen-bond donors (Lipinski definition) is 5. The smallest absolute Gasteiger partial charge is 0.192 e. The second kappa shape index (κ2) is 17.4. The van der Waals surface area contributed by atoms with Crippen LogP contribution >= 0.6 is 0 Å². The Morgan fingerprint density at radius 1 is 1.04 bits per heavy atom. The number of aromatic hydroxyl groups is 2. The van der Waals surface area contributed by atoms with E-state index in [1.165, 1.54) is 32.8 Å². The van der Waals surface area contributed by atoms with Crippen LogP contribution in [0.2, 0.25) is 0 Å². The van der Waals surface area contributed by atoms with Crippen LogP contribution < -0.4 is 25.8 Å². The maximum atomic E-state index is 13.7. The van der Waals surface area contributed by atoms with Crippen LogP contribution in [0.3, 0.4) is 0 Å². The number of likely N-dealkylation sites (N-methyl/N-ethyl adjacent to an activating group) is 1. The number of guanidine groups is 1. The molecule has 10 nitrogen and oxygen atoms in total. The van der Waals surface area contributed by atoms with Crippen LogP contribution in [-0.4, -0.2) is 68.0 Å². The van der Waals surface area contributed by atoms with Gasteiger partial charge in [0.15, 0.2) is 34.7 Å². The van der Waals surface area contributed by atoms with Gasteiger partial charge in [0, 0.05) is 25.6 Å². The molecule has 3 aliphatic rings. The molecule has 3 fully saturated rings. The SMILES string of the molecule is CN=C(N)Nc1cc(CC/C=C\C(=O)C2(Cc3ccc(O)c(OC)c3)CCCC2)cc(O[C@]2(CNC)CC[C@H](CCOC3CCCC3)C2)c1O. The number of ketones is 1. The molecule has 0 aromatic heterocycles. The Hall–Kier alpha value is -3.76. The fraction of sp³-hybridized carbons (Fsp3) is 0.600. The van der Waals surface area contributed by atoms with E-state index in [9.17, 15) is 15.0 Å². The average Bonchev–Trinajstić information content (AvgIpc) is 3.89. The van der Waals surface area contributed by atoms with E-state index in [2.05, 4.69) is 15.6 Å². The minimum absolute atomic E-state index is 0.00333. The molecule has 0 spiro atoms. The standard InChI is InChI=1S/C40H58N4O6/c1-42-27-40(20-16-28(26-40)17-21-49-31-11-5-6-12-31)50-35-23-29(22-32(37(35)47)44-38(41)43-2)10-4-7-13-36(46)39(18-8-9-19-39)25-30-14-15-33(45)34(24-30)48-3/h7,13-15,22-24,28,31,42,45,47H,4-6,8-12,16-21,25-27H2,1-3H3,(H3,41,43,44)/b13-7-/t28-,40-/m1/s1. The second-order valence-electron chi connectivity index (χ2n) is 14.7. The van der Waals surface area contributed by atoms with Gasteiger partial charge in [0.25, 0.3) is 0 Å².